The predicted molar refractivity (Wildman–Crippen MR) is 124 cm³/mol. The van der Waals surface area contributed by atoms with Gasteiger partial charge in [-0.1, -0.05) is 42.5 Å². The van der Waals surface area contributed by atoms with Crippen LogP contribution in [-0.4, -0.2) is 48.2 Å². The molecular weight excluding hydrogens is 442 g/mol. The van der Waals surface area contributed by atoms with Gasteiger partial charge in [0.05, 0.1) is 6.61 Å². The van der Waals surface area contributed by atoms with E-state index < -0.39 is 30.0 Å². The van der Waals surface area contributed by atoms with Gasteiger partial charge in [-0.3, -0.25) is 9.59 Å². The molecule has 182 valence electrons. The van der Waals surface area contributed by atoms with Crippen LogP contribution in [-0.2, 0) is 27.5 Å². The van der Waals surface area contributed by atoms with E-state index in [0.29, 0.717) is 17.7 Å². The van der Waals surface area contributed by atoms with Crippen LogP contribution >= 0.6 is 0 Å². The number of primary amides is 1. The summed E-state index contributed by atoms with van der Waals surface area (Å²) in [5, 5.41) is 19.1. The molecule has 2 rings (SSSR count). The lowest BCUT2D eigenvalue weighted by atomic mass is 10.1. The molecule has 0 aliphatic rings. The van der Waals surface area contributed by atoms with Gasteiger partial charge in [-0.2, -0.15) is 0 Å². The number of hydrogen-bond donors (Lipinski definition) is 6. The number of alkyl carbamates (subject to hydrolysis) is 1. The van der Waals surface area contributed by atoms with Crippen LogP contribution in [0.1, 0.15) is 24.0 Å². The molecule has 0 radical (unpaired) electrons. The minimum Gasteiger partial charge on any atom is -0.445 e. The second kappa shape index (κ2) is 14.1. The summed E-state index contributed by atoms with van der Waals surface area (Å²) in [7, 11) is 0. The highest BCUT2D eigenvalue weighted by molar-refractivity contribution is 5.97. The van der Waals surface area contributed by atoms with E-state index in [4.69, 9.17) is 15.6 Å². The molecule has 2 aromatic rings. The summed E-state index contributed by atoms with van der Waals surface area (Å²) in [6, 6.07) is 14.0. The number of nitrogens with one attached hydrogen (secondary N) is 4. The van der Waals surface area contributed by atoms with Crippen molar-refractivity contribution in [3.63, 3.8) is 0 Å². The average Bonchev–Trinajstić information content (AvgIpc) is 2.84. The predicted octanol–water partition coefficient (Wildman–Crippen LogP) is 0.977. The van der Waals surface area contributed by atoms with Crippen molar-refractivity contribution in [2.45, 2.75) is 32.1 Å². The maximum Gasteiger partial charge on any atom is 0.407 e. The van der Waals surface area contributed by atoms with Gasteiger partial charge in [0.2, 0.25) is 11.8 Å². The number of rotatable bonds is 12. The quantitative estimate of drug-likeness (QED) is 0.252. The Balaban J connectivity index is 1.86. The highest BCUT2D eigenvalue weighted by atomic mass is 16.5. The zero-order chi connectivity index (χ0) is 24.8. The third-order valence-electron chi connectivity index (χ3n) is 4.63. The highest BCUT2D eigenvalue weighted by Crippen LogP contribution is 2.11. The number of aliphatic hydroxyl groups is 1. The van der Waals surface area contributed by atoms with E-state index in [-0.39, 0.29) is 32.7 Å². The van der Waals surface area contributed by atoms with Crippen molar-refractivity contribution >= 4 is 29.6 Å². The minimum atomic E-state index is -0.929. The van der Waals surface area contributed by atoms with E-state index in [2.05, 4.69) is 21.3 Å². The number of carbonyl (C=O) groups excluding carboxylic acids is 4. The molecule has 7 N–H and O–H groups in total. The highest BCUT2D eigenvalue weighted by Gasteiger charge is 2.21. The maximum atomic E-state index is 12.7. The molecule has 0 fully saturated rings. The van der Waals surface area contributed by atoms with Crippen LogP contribution in [0.4, 0.5) is 15.3 Å². The van der Waals surface area contributed by atoms with Crippen molar-refractivity contribution in [3.05, 3.63) is 65.7 Å². The molecule has 0 aliphatic heterocycles. The second-order valence-corrected chi connectivity index (χ2v) is 7.31. The standard InChI is InChI=1S/C23H29N5O6/c24-22(32)25-12-4-7-19(21(31)27-18-10-8-16(14-29)9-11-18)28-20(30)13-26-23(33)34-15-17-5-2-1-3-6-17/h1-3,5-6,8-11,19,29H,4,7,12-15H2,(H,26,33)(H,27,31)(H,28,30)(H3,24,25,32)/t19-/m0/s1. The van der Waals surface area contributed by atoms with Gasteiger partial charge >= 0.3 is 12.1 Å². The van der Waals surface area contributed by atoms with E-state index in [0.717, 1.165) is 5.56 Å². The van der Waals surface area contributed by atoms with Crippen molar-refractivity contribution in [1.29, 1.82) is 0 Å². The molecular formula is C23H29N5O6. The fraction of sp³-hybridized carbons (Fsp3) is 0.304. The van der Waals surface area contributed by atoms with Gasteiger partial charge in [0.15, 0.2) is 0 Å². The van der Waals surface area contributed by atoms with Crippen LogP contribution < -0.4 is 27.0 Å². The molecule has 0 heterocycles. The summed E-state index contributed by atoms with van der Waals surface area (Å²) in [4.78, 5) is 47.7. The topological polar surface area (TPSA) is 172 Å². The Labute approximate surface area is 197 Å². The summed E-state index contributed by atoms with van der Waals surface area (Å²) in [5.41, 5.74) is 7.01. The lowest BCUT2D eigenvalue weighted by Gasteiger charge is -2.19. The Kier molecular flexibility index (Phi) is 10.8. The fourth-order valence-corrected chi connectivity index (χ4v) is 2.88. The molecule has 34 heavy (non-hydrogen) atoms. The Morgan fingerprint density at radius 3 is 2.29 bits per heavy atom. The Bertz CT molecular complexity index is 952. The molecule has 1 atom stereocenters. The number of ether oxygens (including phenoxy) is 1. The third kappa shape index (κ3) is 10.0. The molecule has 2 aromatic carbocycles. The second-order valence-electron chi connectivity index (χ2n) is 7.31. The Morgan fingerprint density at radius 2 is 1.65 bits per heavy atom. The molecule has 11 heteroatoms. The number of urea groups is 1. The first-order chi connectivity index (χ1) is 16.4. The average molecular weight is 472 g/mol. The number of aliphatic hydroxyl groups excluding tert-OH is 1. The van der Waals surface area contributed by atoms with E-state index in [1.165, 1.54) is 0 Å². The zero-order valence-electron chi connectivity index (χ0n) is 18.6. The van der Waals surface area contributed by atoms with Gasteiger partial charge < -0.3 is 36.8 Å². The van der Waals surface area contributed by atoms with Crippen molar-refractivity contribution in [3.8, 4) is 0 Å². The Morgan fingerprint density at radius 1 is 0.941 bits per heavy atom. The number of anilines is 1. The molecule has 0 aromatic heterocycles. The van der Waals surface area contributed by atoms with Gasteiger partial charge in [-0.05, 0) is 36.1 Å². The smallest absolute Gasteiger partial charge is 0.407 e. The van der Waals surface area contributed by atoms with E-state index >= 15 is 0 Å². The minimum absolute atomic E-state index is 0.0568. The summed E-state index contributed by atoms with van der Waals surface area (Å²) >= 11 is 0. The molecule has 5 amide bonds. The summed E-state index contributed by atoms with van der Waals surface area (Å²) in [6.45, 7) is -0.228. The van der Waals surface area contributed by atoms with Crippen LogP contribution in [0.3, 0.4) is 0 Å². The first kappa shape index (κ1) is 26.1. The summed E-state index contributed by atoms with van der Waals surface area (Å²) < 4.78 is 5.05. The van der Waals surface area contributed by atoms with Crippen LogP contribution in [0.25, 0.3) is 0 Å². The zero-order valence-corrected chi connectivity index (χ0v) is 18.6. The molecule has 0 aliphatic carbocycles. The van der Waals surface area contributed by atoms with Crippen LogP contribution in [0.5, 0.6) is 0 Å². The number of benzene rings is 2. The fourth-order valence-electron chi connectivity index (χ4n) is 2.88. The van der Waals surface area contributed by atoms with Gasteiger partial charge in [0.1, 0.15) is 19.2 Å². The number of amides is 5. The van der Waals surface area contributed by atoms with Crippen molar-refractivity contribution in [1.82, 2.24) is 16.0 Å². The molecule has 0 bridgehead atoms. The molecule has 0 unspecified atom stereocenters. The Hall–Kier alpha value is -4.12. The largest absolute Gasteiger partial charge is 0.445 e. The SMILES string of the molecule is NC(=O)NCCC[C@H](NC(=O)CNC(=O)OCc1ccccc1)C(=O)Nc1ccc(CO)cc1. The van der Waals surface area contributed by atoms with Gasteiger partial charge in [0, 0.05) is 12.2 Å². The molecule has 0 spiro atoms. The lowest BCUT2D eigenvalue weighted by molar-refractivity contribution is -0.126. The van der Waals surface area contributed by atoms with Crippen LogP contribution in [0, 0.1) is 0 Å². The summed E-state index contributed by atoms with van der Waals surface area (Å²) in [6.07, 6.45) is -0.183. The van der Waals surface area contributed by atoms with Gasteiger partial charge in [0.25, 0.3) is 0 Å². The van der Waals surface area contributed by atoms with Crippen LogP contribution in [0.15, 0.2) is 54.6 Å². The molecule has 0 saturated heterocycles. The lowest BCUT2D eigenvalue weighted by Crippen LogP contribution is -2.47. The van der Waals surface area contributed by atoms with E-state index in [1.807, 2.05) is 18.2 Å². The number of carbonyl (C=O) groups is 4. The van der Waals surface area contributed by atoms with E-state index in [1.54, 1.807) is 36.4 Å². The van der Waals surface area contributed by atoms with Crippen molar-refractivity contribution < 1.29 is 29.0 Å². The monoisotopic (exact) mass is 471 g/mol. The van der Waals surface area contributed by atoms with Crippen LogP contribution in [0.2, 0.25) is 0 Å². The van der Waals surface area contributed by atoms with E-state index in [9.17, 15) is 19.2 Å². The van der Waals surface area contributed by atoms with Gasteiger partial charge in [-0.15, -0.1) is 0 Å². The first-order valence-corrected chi connectivity index (χ1v) is 10.6. The maximum absolute atomic E-state index is 12.7. The normalized spacial score (nSPS) is 11.1. The first-order valence-electron chi connectivity index (χ1n) is 10.6. The molecule has 11 nitrogen and oxygen atoms in total. The van der Waals surface area contributed by atoms with Crippen molar-refractivity contribution in [2.75, 3.05) is 18.4 Å². The van der Waals surface area contributed by atoms with Gasteiger partial charge in [-0.25, -0.2) is 9.59 Å². The van der Waals surface area contributed by atoms with Crippen molar-refractivity contribution in [2.24, 2.45) is 5.73 Å². The number of hydrogen-bond acceptors (Lipinski definition) is 6. The summed E-state index contributed by atoms with van der Waals surface area (Å²) in [5.74, 6) is -1.06. The number of nitrogens with two attached hydrogens (primary N) is 1. The molecule has 0 saturated carbocycles. The third-order valence-corrected chi connectivity index (χ3v) is 4.63.